The number of benzene rings is 2. The summed E-state index contributed by atoms with van der Waals surface area (Å²) in [6.07, 6.45) is 1.41. The number of nitrogens with zero attached hydrogens (tertiary/aromatic N) is 3. The maximum absolute atomic E-state index is 13.9. The van der Waals surface area contributed by atoms with Crippen LogP contribution in [0, 0.1) is 5.82 Å². The average molecular weight is 442 g/mol. The fraction of sp³-hybridized carbons (Fsp3) is 0.261. The van der Waals surface area contributed by atoms with Gasteiger partial charge in [-0.3, -0.25) is 14.2 Å². The first kappa shape index (κ1) is 21.1. The van der Waals surface area contributed by atoms with Crippen molar-refractivity contribution in [3.63, 3.8) is 0 Å². The fourth-order valence-electron chi connectivity index (χ4n) is 3.56. The van der Waals surface area contributed by atoms with Crippen LogP contribution in [0.2, 0.25) is 5.02 Å². The molecule has 0 aliphatic carbocycles. The number of aromatic nitrogens is 3. The van der Waals surface area contributed by atoms with Crippen LogP contribution in [0.1, 0.15) is 26.3 Å². The molecule has 0 fully saturated rings. The van der Waals surface area contributed by atoms with Crippen LogP contribution in [-0.4, -0.2) is 25.7 Å². The number of halogens is 2. The van der Waals surface area contributed by atoms with E-state index in [-0.39, 0.29) is 24.2 Å². The van der Waals surface area contributed by atoms with E-state index in [0.29, 0.717) is 21.4 Å². The molecule has 0 aliphatic rings. The number of hydrogen-bond donors (Lipinski definition) is 0. The molecule has 0 amide bonds. The van der Waals surface area contributed by atoms with Crippen molar-refractivity contribution in [2.75, 3.05) is 0 Å². The van der Waals surface area contributed by atoms with Crippen LogP contribution in [0.25, 0.3) is 21.9 Å². The van der Waals surface area contributed by atoms with E-state index in [9.17, 15) is 14.0 Å². The second kappa shape index (κ2) is 7.81. The summed E-state index contributed by atoms with van der Waals surface area (Å²) >= 11 is 6.24. The Morgan fingerprint density at radius 2 is 1.94 bits per heavy atom. The summed E-state index contributed by atoms with van der Waals surface area (Å²) in [5.74, 6) is -0.956. The molecule has 0 aliphatic heterocycles. The van der Waals surface area contributed by atoms with Crippen LogP contribution in [0.15, 0.2) is 53.6 Å². The molecule has 0 atom stereocenters. The molecule has 160 valence electrons. The summed E-state index contributed by atoms with van der Waals surface area (Å²) < 4.78 is 22.3. The zero-order valence-electron chi connectivity index (χ0n) is 17.4. The van der Waals surface area contributed by atoms with Gasteiger partial charge >= 0.3 is 5.97 Å². The van der Waals surface area contributed by atoms with Crippen molar-refractivity contribution in [1.29, 1.82) is 0 Å². The molecule has 0 radical (unpaired) electrons. The molecule has 0 unspecified atom stereocenters. The highest BCUT2D eigenvalue weighted by Gasteiger charge is 2.22. The normalized spacial score (nSPS) is 11.9. The van der Waals surface area contributed by atoms with Crippen molar-refractivity contribution in [1.82, 2.24) is 14.1 Å². The second-order valence-corrected chi connectivity index (χ2v) is 8.71. The van der Waals surface area contributed by atoms with Gasteiger partial charge in [0.2, 0.25) is 0 Å². The van der Waals surface area contributed by atoms with E-state index in [0.717, 1.165) is 5.56 Å². The van der Waals surface area contributed by atoms with E-state index in [1.54, 1.807) is 26.8 Å². The van der Waals surface area contributed by atoms with Crippen molar-refractivity contribution < 1.29 is 13.9 Å². The summed E-state index contributed by atoms with van der Waals surface area (Å²) in [5.41, 5.74) is 0.796. The molecule has 2 aromatic carbocycles. The molecule has 6 nitrogen and oxygen atoms in total. The highest BCUT2D eigenvalue weighted by Crippen LogP contribution is 2.27. The largest absolute Gasteiger partial charge is 0.459 e. The van der Waals surface area contributed by atoms with E-state index >= 15 is 0 Å². The SMILES string of the molecule is CC(C)(C)OC(=O)Cn1c2ccc(F)cc2c2ncn(Cc3ccccc3Cl)c(=O)c21. The van der Waals surface area contributed by atoms with E-state index in [2.05, 4.69) is 4.98 Å². The van der Waals surface area contributed by atoms with Crippen molar-refractivity contribution in [2.24, 2.45) is 0 Å². The monoisotopic (exact) mass is 441 g/mol. The first-order chi connectivity index (χ1) is 14.6. The summed E-state index contributed by atoms with van der Waals surface area (Å²) in [5, 5.41) is 0.992. The van der Waals surface area contributed by atoms with Gasteiger partial charge in [0.1, 0.15) is 29.0 Å². The number of rotatable bonds is 4. The third-order valence-corrected chi connectivity index (χ3v) is 5.16. The first-order valence-corrected chi connectivity index (χ1v) is 10.1. The molecule has 4 rings (SSSR count). The number of hydrogen-bond acceptors (Lipinski definition) is 4. The van der Waals surface area contributed by atoms with Crippen LogP contribution < -0.4 is 5.56 Å². The maximum Gasteiger partial charge on any atom is 0.326 e. The van der Waals surface area contributed by atoms with Gasteiger partial charge in [0.05, 0.1) is 18.4 Å². The molecule has 8 heteroatoms. The fourth-order valence-corrected chi connectivity index (χ4v) is 3.76. The van der Waals surface area contributed by atoms with Gasteiger partial charge in [-0.2, -0.15) is 0 Å². The van der Waals surface area contributed by atoms with Gasteiger partial charge in [-0.05, 0) is 50.6 Å². The summed E-state index contributed by atoms with van der Waals surface area (Å²) in [6, 6.07) is 11.3. The average Bonchev–Trinajstić information content (AvgIpc) is 2.97. The Balaban J connectivity index is 1.90. The summed E-state index contributed by atoms with van der Waals surface area (Å²) in [6.45, 7) is 5.32. The predicted molar refractivity (Wildman–Crippen MR) is 118 cm³/mol. The molecule has 0 saturated heterocycles. The first-order valence-electron chi connectivity index (χ1n) is 9.76. The third kappa shape index (κ3) is 4.18. The molecule has 2 heterocycles. The van der Waals surface area contributed by atoms with Crippen molar-refractivity contribution >= 4 is 39.5 Å². The lowest BCUT2D eigenvalue weighted by molar-refractivity contribution is -0.155. The van der Waals surface area contributed by atoms with Gasteiger partial charge in [0.25, 0.3) is 5.56 Å². The quantitative estimate of drug-likeness (QED) is 0.436. The Morgan fingerprint density at radius 1 is 1.19 bits per heavy atom. The van der Waals surface area contributed by atoms with E-state index in [4.69, 9.17) is 16.3 Å². The van der Waals surface area contributed by atoms with Gasteiger partial charge in [-0.25, -0.2) is 9.37 Å². The lowest BCUT2D eigenvalue weighted by Crippen LogP contribution is -2.28. The highest BCUT2D eigenvalue weighted by atomic mass is 35.5. The molecule has 4 aromatic rings. The number of esters is 1. The zero-order chi connectivity index (χ0) is 22.3. The third-order valence-electron chi connectivity index (χ3n) is 4.79. The van der Waals surface area contributed by atoms with Crippen molar-refractivity contribution in [2.45, 2.75) is 39.5 Å². The minimum atomic E-state index is -0.676. The van der Waals surface area contributed by atoms with Crippen LogP contribution >= 0.6 is 11.6 Å². The molecule has 0 N–H and O–H groups in total. The highest BCUT2D eigenvalue weighted by molar-refractivity contribution is 6.31. The van der Waals surface area contributed by atoms with Crippen LogP contribution in [0.4, 0.5) is 4.39 Å². The van der Waals surface area contributed by atoms with Crippen molar-refractivity contribution in [3.8, 4) is 0 Å². The smallest absolute Gasteiger partial charge is 0.326 e. The lowest BCUT2D eigenvalue weighted by Gasteiger charge is -2.20. The molecule has 2 aromatic heterocycles. The van der Waals surface area contributed by atoms with E-state index in [1.165, 1.54) is 33.7 Å². The molecule has 0 bridgehead atoms. The number of carbonyl (C=O) groups excluding carboxylic acids is 1. The number of fused-ring (bicyclic) bond motifs is 3. The minimum Gasteiger partial charge on any atom is -0.459 e. The van der Waals surface area contributed by atoms with Gasteiger partial charge in [0.15, 0.2) is 0 Å². The van der Waals surface area contributed by atoms with Gasteiger partial charge in [-0.1, -0.05) is 29.8 Å². The standard InChI is InChI=1S/C23H21ClFN3O3/c1-23(2,3)31-19(29)12-28-18-9-8-15(25)10-16(18)20-21(28)22(30)27(13-26-20)11-14-6-4-5-7-17(14)24/h4-10,13H,11-12H2,1-3H3. The van der Waals surface area contributed by atoms with Gasteiger partial charge in [0, 0.05) is 10.4 Å². The summed E-state index contributed by atoms with van der Waals surface area (Å²) in [7, 11) is 0. The Labute approximate surface area is 182 Å². The topological polar surface area (TPSA) is 66.1 Å². The molecular formula is C23H21ClFN3O3. The Morgan fingerprint density at radius 3 is 2.65 bits per heavy atom. The maximum atomic E-state index is 13.9. The van der Waals surface area contributed by atoms with Crippen molar-refractivity contribution in [3.05, 3.63) is 75.5 Å². The zero-order valence-corrected chi connectivity index (χ0v) is 18.1. The Bertz CT molecular complexity index is 1370. The molecule has 31 heavy (non-hydrogen) atoms. The molecule has 0 spiro atoms. The second-order valence-electron chi connectivity index (χ2n) is 8.30. The number of ether oxygens (including phenoxy) is 1. The van der Waals surface area contributed by atoms with Crippen LogP contribution in [0.3, 0.4) is 0 Å². The summed E-state index contributed by atoms with van der Waals surface area (Å²) in [4.78, 5) is 30.4. The predicted octanol–water partition coefficient (Wildman–Crippen LogP) is 4.53. The number of carbonyl (C=O) groups is 1. The molecular weight excluding hydrogens is 421 g/mol. The van der Waals surface area contributed by atoms with E-state index in [1.807, 2.05) is 18.2 Å². The lowest BCUT2D eigenvalue weighted by atomic mass is 10.2. The molecule has 0 saturated carbocycles. The van der Waals surface area contributed by atoms with Gasteiger partial charge in [-0.15, -0.1) is 0 Å². The Hall–Kier alpha value is -3.19. The Kier molecular flexibility index (Phi) is 5.31. The van der Waals surface area contributed by atoms with Crippen LogP contribution in [-0.2, 0) is 22.6 Å². The minimum absolute atomic E-state index is 0.198. The van der Waals surface area contributed by atoms with Gasteiger partial charge < -0.3 is 9.30 Å². The van der Waals surface area contributed by atoms with Crippen LogP contribution in [0.5, 0.6) is 0 Å². The van der Waals surface area contributed by atoms with E-state index < -0.39 is 17.4 Å².